The molecule has 0 saturated carbocycles. The van der Waals surface area contributed by atoms with E-state index in [0.717, 1.165) is 47.3 Å². The van der Waals surface area contributed by atoms with Crippen molar-refractivity contribution in [3.63, 3.8) is 0 Å². The highest BCUT2D eigenvalue weighted by atomic mass is 16.2. The summed E-state index contributed by atoms with van der Waals surface area (Å²) in [4.78, 5) is 29.4. The first-order valence-electron chi connectivity index (χ1n) is 10.1. The number of ketones is 1. The van der Waals surface area contributed by atoms with Crippen LogP contribution in [0.4, 0.5) is 0 Å². The molecule has 29 heavy (non-hydrogen) atoms. The van der Waals surface area contributed by atoms with Gasteiger partial charge in [0, 0.05) is 32.0 Å². The first kappa shape index (κ1) is 19.1. The van der Waals surface area contributed by atoms with Gasteiger partial charge in [0.2, 0.25) is 5.91 Å². The zero-order valence-corrected chi connectivity index (χ0v) is 16.6. The van der Waals surface area contributed by atoms with Gasteiger partial charge in [-0.1, -0.05) is 42.5 Å². The molecule has 3 aromatic rings. The molecule has 2 aromatic carbocycles. The number of rotatable bonds is 7. The second kappa shape index (κ2) is 8.43. The number of para-hydroxylation sites is 2. The molecule has 148 valence electrons. The number of hydrogen-bond acceptors (Lipinski definition) is 3. The lowest BCUT2D eigenvalue weighted by atomic mass is 10.00. The van der Waals surface area contributed by atoms with Gasteiger partial charge >= 0.3 is 0 Å². The minimum Gasteiger partial charge on any atom is -0.356 e. The molecule has 5 nitrogen and oxygen atoms in total. The molecule has 0 radical (unpaired) electrons. The predicted molar refractivity (Wildman–Crippen MR) is 114 cm³/mol. The number of nitrogens with zero attached hydrogens (tertiary/aromatic N) is 2. The number of carbonyl (C=O) groups excluding carboxylic acids is 2. The van der Waals surface area contributed by atoms with Gasteiger partial charge in [0.1, 0.15) is 5.82 Å². The third-order valence-corrected chi connectivity index (χ3v) is 5.54. The van der Waals surface area contributed by atoms with E-state index in [4.69, 9.17) is 0 Å². The molecule has 0 spiro atoms. The smallest absolute Gasteiger partial charge is 0.224 e. The number of allylic oxidation sites excluding steroid dienone is 1. The van der Waals surface area contributed by atoms with Gasteiger partial charge in [-0.2, -0.15) is 0 Å². The fraction of sp³-hybridized carbons (Fsp3) is 0.292. The topological polar surface area (TPSA) is 64.0 Å². The summed E-state index contributed by atoms with van der Waals surface area (Å²) < 4.78 is 2.10. The molecule has 4 rings (SSSR count). The van der Waals surface area contributed by atoms with Crippen LogP contribution in [0.25, 0.3) is 16.6 Å². The highest BCUT2D eigenvalue weighted by molar-refractivity contribution is 6.10. The molecule has 1 aliphatic rings. The van der Waals surface area contributed by atoms with Crippen LogP contribution in [0.1, 0.15) is 37.1 Å². The van der Waals surface area contributed by atoms with E-state index >= 15 is 0 Å². The van der Waals surface area contributed by atoms with E-state index in [0.29, 0.717) is 18.5 Å². The number of imidazole rings is 1. The maximum Gasteiger partial charge on any atom is 0.224 e. The fourth-order valence-electron chi connectivity index (χ4n) is 3.99. The number of hydrogen-bond donors (Lipinski definition) is 1. The molecule has 0 saturated heterocycles. The lowest BCUT2D eigenvalue weighted by molar-refractivity contribution is -0.122. The maximum atomic E-state index is 12.4. The standard InChI is InChI=1S/C24H25N3O2/c1-27-21-11-6-5-10-20(21)26-23(27)12-7-15-25-24(29)16-19-18(13-14-22(19)28)17-8-3-2-4-9-17/h2-6,8-11H,7,12-16H2,1H3,(H,25,29). The van der Waals surface area contributed by atoms with Crippen LogP contribution in [0, 0.1) is 0 Å². The Morgan fingerprint density at radius 1 is 1.07 bits per heavy atom. The second-order valence-corrected chi connectivity index (χ2v) is 7.45. The molecule has 1 aromatic heterocycles. The average Bonchev–Trinajstić information content (AvgIpc) is 3.26. The Morgan fingerprint density at radius 2 is 1.83 bits per heavy atom. The fourth-order valence-corrected chi connectivity index (χ4v) is 3.99. The van der Waals surface area contributed by atoms with Crippen molar-refractivity contribution in [3.8, 4) is 0 Å². The van der Waals surface area contributed by atoms with Crippen molar-refractivity contribution < 1.29 is 9.59 Å². The van der Waals surface area contributed by atoms with Gasteiger partial charge in [0.25, 0.3) is 0 Å². The third-order valence-electron chi connectivity index (χ3n) is 5.54. The maximum absolute atomic E-state index is 12.4. The lowest BCUT2D eigenvalue weighted by Crippen LogP contribution is -2.26. The molecule has 0 atom stereocenters. The summed E-state index contributed by atoms with van der Waals surface area (Å²) in [5, 5.41) is 2.96. The van der Waals surface area contributed by atoms with Crippen LogP contribution in [0.5, 0.6) is 0 Å². The molecular weight excluding hydrogens is 362 g/mol. The highest BCUT2D eigenvalue weighted by Gasteiger charge is 2.25. The van der Waals surface area contributed by atoms with Gasteiger partial charge in [0.15, 0.2) is 5.78 Å². The average molecular weight is 387 g/mol. The monoisotopic (exact) mass is 387 g/mol. The second-order valence-electron chi connectivity index (χ2n) is 7.45. The van der Waals surface area contributed by atoms with Crippen molar-refractivity contribution in [2.24, 2.45) is 7.05 Å². The number of fused-ring (bicyclic) bond motifs is 1. The Morgan fingerprint density at radius 3 is 2.62 bits per heavy atom. The highest BCUT2D eigenvalue weighted by Crippen LogP contribution is 2.33. The van der Waals surface area contributed by atoms with E-state index in [1.807, 2.05) is 55.6 Å². The number of aromatic nitrogens is 2. The Bertz CT molecular complexity index is 1080. The van der Waals surface area contributed by atoms with Gasteiger partial charge in [-0.05, 0) is 36.1 Å². The first-order valence-corrected chi connectivity index (χ1v) is 10.1. The summed E-state index contributed by atoms with van der Waals surface area (Å²) in [6.07, 6.45) is 2.98. The third kappa shape index (κ3) is 4.14. The predicted octanol–water partition coefficient (Wildman–Crippen LogP) is 3.83. The lowest BCUT2D eigenvalue weighted by Gasteiger charge is -2.08. The molecule has 1 amide bonds. The van der Waals surface area contributed by atoms with Crippen molar-refractivity contribution >= 4 is 28.3 Å². The van der Waals surface area contributed by atoms with E-state index in [2.05, 4.69) is 20.9 Å². The Kier molecular flexibility index (Phi) is 5.56. The minimum atomic E-state index is -0.0892. The van der Waals surface area contributed by atoms with E-state index in [1.54, 1.807) is 0 Å². The van der Waals surface area contributed by atoms with Crippen molar-refractivity contribution in [1.29, 1.82) is 0 Å². The quantitative estimate of drug-likeness (QED) is 0.627. The van der Waals surface area contributed by atoms with Crippen LogP contribution in [0.15, 0.2) is 60.2 Å². The Balaban J connectivity index is 1.33. The molecule has 0 bridgehead atoms. The number of benzene rings is 2. The zero-order chi connectivity index (χ0) is 20.2. The summed E-state index contributed by atoms with van der Waals surface area (Å²) in [5.74, 6) is 1.02. The molecule has 1 heterocycles. The van der Waals surface area contributed by atoms with Crippen molar-refractivity contribution in [3.05, 3.63) is 71.6 Å². The summed E-state index contributed by atoms with van der Waals surface area (Å²) in [6, 6.07) is 18.0. The van der Waals surface area contributed by atoms with Crippen LogP contribution >= 0.6 is 0 Å². The number of aryl methyl sites for hydroxylation is 2. The van der Waals surface area contributed by atoms with Crippen LogP contribution in [0.3, 0.4) is 0 Å². The van der Waals surface area contributed by atoms with Gasteiger partial charge in [-0.25, -0.2) is 4.98 Å². The van der Waals surface area contributed by atoms with Crippen LogP contribution in [0.2, 0.25) is 0 Å². The molecule has 1 N–H and O–H groups in total. The molecule has 0 unspecified atom stereocenters. The molecule has 5 heteroatoms. The number of amides is 1. The molecular formula is C24H25N3O2. The minimum absolute atomic E-state index is 0.0892. The Labute approximate surface area is 170 Å². The normalized spacial score (nSPS) is 14.0. The number of carbonyl (C=O) groups is 2. The number of nitrogens with one attached hydrogen (secondary N) is 1. The van der Waals surface area contributed by atoms with E-state index < -0.39 is 0 Å². The Hall–Kier alpha value is -3.21. The SMILES string of the molecule is Cn1c(CCCNC(=O)CC2=C(c3ccccc3)CCC2=O)nc2ccccc21. The van der Waals surface area contributed by atoms with E-state index in [1.165, 1.54) is 0 Å². The molecule has 0 fully saturated rings. The molecule has 0 aliphatic heterocycles. The van der Waals surface area contributed by atoms with Crippen molar-refractivity contribution in [1.82, 2.24) is 14.9 Å². The van der Waals surface area contributed by atoms with Crippen LogP contribution < -0.4 is 5.32 Å². The van der Waals surface area contributed by atoms with Gasteiger partial charge < -0.3 is 9.88 Å². The van der Waals surface area contributed by atoms with Crippen LogP contribution in [-0.4, -0.2) is 27.8 Å². The summed E-state index contributed by atoms with van der Waals surface area (Å²) >= 11 is 0. The van der Waals surface area contributed by atoms with Gasteiger partial charge in [-0.3, -0.25) is 9.59 Å². The molecule has 1 aliphatic carbocycles. The van der Waals surface area contributed by atoms with Gasteiger partial charge in [0.05, 0.1) is 17.5 Å². The number of Topliss-reactive ketones (excluding diaryl/α,β-unsaturated/α-hetero) is 1. The largest absolute Gasteiger partial charge is 0.356 e. The van der Waals surface area contributed by atoms with Crippen molar-refractivity contribution in [2.75, 3.05) is 6.54 Å². The van der Waals surface area contributed by atoms with E-state index in [-0.39, 0.29) is 18.1 Å². The summed E-state index contributed by atoms with van der Waals surface area (Å²) in [7, 11) is 2.02. The van der Waals surface area contributed by atoms with E-state index in [9.17, 15) is 9.59 Å². The van der Waals surface area contributed by atoms with Gasteiger partial charge in [-0.15, -0.1) is 0 Å². The summed E-state index contributed by atoms with van der Waals surface area (Å²) in [6.45, 7) is 0.574. The first-order chi connectivity index (χ1) is 14.1. The summed E-state index contributed by atoms with van der Waals surface area (Å²) in [5.41, 5.74) is 4.85. The van der Waals surface area contributed by atoms with Crippen molar-refractivity contribution in [2.45, 2.75) is 32.1 Å². The van der Waals surface area contributed by atoms with Crippen LogP contribution in [-0.2, 0) is 23.1 Å². The zero-order valence-electron chi connectivity index (χ0n) is 16.6.